The number of anilines is 4. The molecule has 0 atom stereocenters. The molecule has 9 aromatic rings. The van der Waals surface area contributed by atoms with E-state index in [1.54, 1.807) is 69.3 Å². The Morgan fingerprint density at radius 3 is 1.03 bits per heavy atom. The monoisotopic (exact) mass is 1180 g/mol. The number of rotatable bonds is 22. The number of hydrogen-bond acceptors (Lipinski definition) is 19. The number of benzene rings is 1. The van der Waals surface area contributed by atoms with Gasteiger partial charge in [0.15, 0.2) is 28.3 Å². The number of fused-ring (bicyclic) bond motifs is 4. The van der Waals surface area contributed by atoms with Crippen molar-refractivity contribution in [3.8, 4) is 23.0 Å². The van der Waals surface area contributed by atoms with Crippen LogP contribution in [-0.2, 0) is 16.1 Å². The second-order valence-electron chi connectivity index (χ2n) is 23.2. The first kappa shape index (κ1) is 61.4. The van der Waals surface area contributed by atoms with E-state index in [-0.39, 0.29) is 98.9 Å². The Labute approximate surface area is 501 Å². The summed E-state index contributed by atoms with van der Waals surface area (Å²) in [5.74, 6) is -0.453. The van der Waals surface area contributed by atoms with Crippen LogP contribution in [0.3, 0.4) is 0 Å². The van der Waals surface area contributed by atoms with Crippen molar-refractivity contribution in [1.29, 1.82) is 0 Å². The van der Waals surface area contributed by atoms with Gasteiger partial charge in [-0.25, -0.2) is 49.5 Å². The van der Waals surface area contributed by atoms with Crippen LogP contribution >= 0.6 is 0 Å². The van der Waals surface area contributed by atoms with E-state index in [2.05, 4.69) is 61.1 Å². The molecule has 9 rings (SSSR count). The lowest BCUT2D eigenvalue weighted by Gasteiger charge is -2.19. The van der Waals surface area contributed by atoms with Gasteiger partial charge in [-0.3, -0.25) is 19.7 Å². The first-order chi connectivity index (χ1) is 41.5. The summed E-state index contributed by atoms with van der Waals surface area (Å²) in [4.78, 5) is 105. The van der Waals surface area contributed by atoms with Gasteiger partial charge in [0.05, 0.1) is 48.0 Å². The van der Waals surface area contributed by atoms with Gasteiger partial charge in [0.1, 0.15) is 75.6 Å². The number of aromatic nitrogens is 8. The highest BCUT2D eigenvalue weighted by Crippen LogP contribution is 2.32. The first-order valence-electron chi connectivity index (χ1n) is 28.4. The highest BCUT2D eigenvalue weighted by atomic mass is 16.6. The zero-order chi connectivity index (χ0) is 62.1. The number of nitrogens with zero attached hydrogens (tertiary/aromatic N) is 8. The van der Waals surface area contributed by atoms with E-state index in [0.29, 0.717) is 71.0 Å². The maximum atomic E-state index is 14.3. The second kappa shape index (κ2) is 26.8. The Hall–Kier alpha value is -10.2. The second-order valence-corrected chi connectivity index (χ2v) is 23.2. The summed E-state index contributed by atoms with van der Waals surface area (Å²) in [7, 11) is 0. The van der Waals surface area contributed by atoms with Gasteiger partial charge in [-0.1, -0.05) is 85.7 Å². The smallest absolute Gasteiger partial charge is 0.413 e. The Balaban J connectivity index is 0.980. The van der Waals surface area contributed by atoms with Gasteiger partial charge in [-0.2, -0.15) is 0 Å². The molecule has 0 aliphatic heterocycles. The molecule has 0 fully saturated rings. The summed E-state index contributed by atoms with van der Waals surface area (Å²) in [5, 5.41) is 12.9. The Morgan fingerprint density at radius 2 is 0.713 bits per heavy atom. The summed E-state index contributed by atoms with van der Waals surface area (Å²) in [5.41, 5.74) is 0.163. The topological polar surface area (TPSA) is 292 Å². The summed E-state index contributed by atoms with van der Waals surface area (Å²) < 4.78 is 35.6. The number of amides is 4. The third kappa shape index (κ3) is 16.2. The molecule has 8 aromatic heterocycles. The minimum Gasteiger partial charge on any atom is -0.492 e. The van der Waals surface area contributed by atoms with E-state index in [1.165, 1.54) is 24.3 Å². The molecular weight excluding hydrogens is 1110 g/mol. The van der Waals surface area contributed by atoms with Gasteiger partial charge >= 0.3 is 12.1 Å². The number of esters is 1. The maximum Gasteiger partial charge on any atom is 0.413 e. The van der Waals surface area contributed by atoms with Crippen molar-refractivity contribution in [2.45, 2.75) is 88.4 Å². The molecule has 0 saturated carbocycles. The molecule has 0 radical (unpaired) electrons. The SMILES string of the molecule is CC(C)COc1cc(C(=O)Nc2ccc3c(OCC(C)C)cc(C(=O)Nc4ccc5c(OCC(C)C)cc(C(=O)Nc6ccc7c(OCC(C)C)cc(C(=O)OCc8ccccc8)nc7n6)nc5n4)nc3n2)nc2nc(NC(=O)OC(C)(C)C)ccc12. The normalized spacial score (nSPS) is 11.6. The van der Waals surface area contributed by atoms with E-state index in [0.717, 1.165) is 5.56 Å². The molecule has 450 valence electrons. The van der Waals surface area contributed by atoms with Gasteiger partial charge in [0.25, 0.3) is 17.7 Å². The first-order valence-corrected chi connectivity index (χ1v) is 28.4. The fourth-order valence-corrected chi connectivity index (χ4v) is 8.28. The summed E-state index contributed by atoms with van der Waals surface area (Å²) >= 11 is 0. The predicted molar refractivity (Wildman–Crippen MR) is 329 cm³/mol. The average Bonchev–Trinajstić information content (AvgIpc) is 1.51. The number of nitrogens with one attached hydrogen (secondary N) is 4. The fourth-order valence-electron chi connectivity index (χ4n) is 8.28. The number of hydrogen-bond donors (Lipinski definition) is 4. The van der Waals surface area contributed by atoms with Crippen LogP contribution in [0.15, 0.2) is 103 Å². The Morgan fingerprint density at radius 1 is 0.402 bits per heavy atom. The molecule has 23 nitrogen and oxygen atoms in total. The van der Waals surface area contributed by atoms with Gasteiger partial charge in [0, 0.05) is 24.3 Å². The molecule has 0 unspecified atom stereocenters. The van der Waals surface area contributed by atoms with Crippen molar-refractivity contribution in [1.82, 2.24) is 39.9 Å². The summed E-state index contributed by atoms with van der Waals surface area (Å²) in [6, 6.07) is 28.3. The van der Waals surface area contributed by atoms with Gasteiger partial charge in [-0.05, 0) is 98.5 Å². The van der Waals surface area contributed by atoms with Crippen molar-refractivity contribution in [3.63, 3.8) is 0 Å². The Bertz CT molecular complexity index is 4060. The molecule has 0 aliphatic carbocycles. The summed E-state index contributed by atoms with van der Waals surface area (Å²) in [6.07, 6.45) is -0.715. The molecule has 8 heterocycles. The number of ether oxygens (including phenoxy) is 6. The number of carbonyl (C=O) groups excluding carboxylic acids is 5. The van der Waals surface area contributed by atoms with Crippen molar-refractivity contribution in [2.24, 2.45) is 23.7 Å². The molecule has 0 saturated heterocycles. The quantitative estimate of drug-likeness (QED) is 0.0459. The number of carbonyl (C=O) groups is 5. The van der Waals surface area contributed by atoms with Crippen LogP contribution in [0.1, 0.15) is 124 Å². The van der Waals surface area contributed by atoms with Crippen LogP contribution in [0, 0.1) is 23.7 Å². The molecule has 1 aromatic carbocycles. The minimum absolute atomic E-state index is 0.0287. The largest absolute Gasteiger partial charge is 0.492 e. The Kier molecular flexibility index (Phi) is 18.9. The molecule has 4 N–H and O–H groups in total. The standard InChI is InChI=1S/C64H68N12O11/c1-34(2)29-82-47-25-43(65-55-39(47)18-22-52(70-55)74-61(79)45-27-49(84-31-36(5)6)41-20-24-54(72-57(41)67-45)76-63(81)87-64(9,10)11)59(77)73-51-21-17-40-48(83-30-35(3)4)26-44(66-56(40)69-51)60(78)75-53-23-19-42-50(85-32-37(7)8)28-46(68-58(42)71-53)62(80)86-33-38-15-13-12-14-16-38/h12-28,34-37H,29-33H2,1-11H3,(H,65,70,74,79)(H,66,69,73,77)(H,67,72,76,81)(H,68,71,75,78). The highest BCUT2D eigenvalue weighted by Gasteiger charge is 2.24. The maximum absolute atomic E-state index is 14.3. The molecular formula is C64H68N12O11. The van der Waals surface area contributed by atoms with E-state index >= 15 is 0 Å². The zero-order valence-corrected chi connectivity index (χ0v) is 50.2. The predicted octanol–water partition coefficient (Wildman–Crippen LogP) is 12.1. The molecule has 0 bridgehead atoms. The fraction of sp³-hybridized carbons (Fsp3) is 0.328. The van der Waals surface area contributed by atoms with E-state index in [4.69, 9.17) is 28.4 Å². The lowest BCUT2D eigenvalue weighted by Crippen LogP contribution is -2.27. The van der Waals surface area contributed by atoms with E-state index < -0.39 is 35.4 Å². The third-order valence-corrected chi connectivity index (χ3v) is 12.3. The lowest BCUT2D eigenvalue weighted by atomic mass is 10.2. The number of pyridine rings is 8. The van der Waals surface area contributed by atoms with Crippen LogP contribution in [0.4, 0.5) is 28.1 Å². The molecule has 87 heavy (non-hydrogen) atoms. The van der Waals surface area contributed by atoms with Crippen molar-refractivity contribution >= 4 is 97.2 Å². The molecule has 4 amide bonds. The van der Waals surface area contributed by atoms with Crippen molar-refractivity contribution < 1.29 is 52.4 Å². The highest BCUT2D eigenvalue weighted by molar-refractivity contribution is 6.08. The molecule has 0 spiro atoms. The van der Waals surface area contributed by atoms with E-state index in [1.807, 2.05) is 85.7 Å². The van der Waals surface area contributed by atoms with Crippen molar-refractivity contribution in [2.75, 3.05) is 47.7 Å². The molecule has 0 aliphatic rings. The van der Waals surface area contributed by atoms with Crippen LogP contribution in [0.25, 0.3) is 44.1 Å². The van der Waals surface area contributed by atoms with E-state index in [9.17, 15) is 24.0 Å². The van der Waals surface area contributed by atoms with Crippen LogP contribution in [0.5, 0.6) is 23.0 Å². The van der Waals surface area contributed by atoms with Crippen LogP contribution in [0.2, 0.25) is 0 Å². The van der Waals surface area contributed by atoms with Gasteiger partial charge in [-0.15, -0.1) is 0 Å². The molecule has 23 heteroatoms. The lowest BCUT2D eigenvalue weighted by molar-refractivity contribution is 0.0464. The van der Waals surface area contributed by atoms with Gasteiger partial charge in [0.2, 0.25) is 0 Å². The van der Waals surface area contributed by atoms with Crippen LogP contribution < -0.4 is 40.2 Å². The minimum atomic E-state index is -0.752. The zero-order valence-electron chi connectivity index (χ0n) is 50.2. The van der Waals surface area contributed by atoms with Gasteiger partial charge < -0.3 is 44.4 Å². The average molecular weight is 1180 g/mol. The van der Waals surface area contributed by atoms with Crippen molar-refractivity contribution in [3.05, 3.63) is 131 Å². The third-order valence-electron chi connectivity index (χ3n) is 12.3. The summed E-state index contributed by atoms with van der Waals surface area (Å²) in [6.45, 7) is 22.4. The van der Waals surface area contributed by atoms with Crippen LogP contribution in [-0.4, -0.2) is 102 Å².